The van der Waals surface area contributed by atoms with Gasteiger partial charge in [0.1, 0.15) is 0 Å². The summed E-state index contributed by atoms with van der Waals surface area (Å²) in [5, 5.41) is 9.38. The molecule has 0 aliphatic heterocycles. The lowest BCUT2D eigenvalue weighted by Crippen LogP contribution is -2.40. The summed E-state index contributed by atoms with van der Waals surface area (Å²) in [6.45, 7) is 4.46. The number of unbranched alkanes of at least 4 members (excludes halogenated alkanes) is 22. The fourth-order valence-electron chi connectivity index (χ4n) is 5.62. The van der Waals surface area contributed by atoms with Gasteiger partial charge in [0.2, 0.25) is 14.4 Å². The molecule has 1 N–H and O–H groups in total. The van der Waals surface area contributed by atoms with E-state index in [2.05, 4.69) is 26.0 Å². The Labute approximate surface area is 262 Å². The number of Topliss-reactive ketones (excluding diaryl/α,β-unsaturated/α-hetero) is 2. The van der Waals surface area contributed by atoms with E-state index in [9.17, 15) is 19.3 Å². The van der Waals surface area contributed by atoms with E-state index >= 15 is 0 Å². The molecular weight excluding hydrogens is 541 g/mol. The summed E-state index contributed by atoms with van der Waals surface area (Å²) < 4.78 is 13.2. The first kappa shape index (κ1) is 41.1. The van der Waals surface area contributed by atoms with Gasteiger partial charge in [0.05, 0.1) is 12.6 Å². The van der Waals surface area contributed by atoms with E-state index in [1.165, 1.54) is 114 Å². The number of hydrogen-bond donors (Lipinski definition) is 1. The Morgan fingerprint density at radius 2 is 1.02 bits per heavy atom. The summed E-state index contributed by atoms with van der Waals surface area (Å²) in [6.07, 6.45) is 35.8. The van der Waals surface area contributed by atoms with E-state index in [-0.39, 0.29) is 34.0 Å². The highest BCUT2D eigenvalue weighted by Gasteiger charge is 2.30. The van der Waals surface area contributed by atoms with E-state index in [4.69, 9.17) is 0 Å². The molecule has 0 aromatic carbocycles. The first-order valence-electron chi connectivity index (χ1n) is 18.0. The molecule has 6 heteroatoms. The number of aliphatic hydroxyl groups is 1. The zero-order chi connectivity index (χ0) is 30.9. The van der Waals surface area contributed by atoms with E-state index in [1.54, 1.807) is 0 Å². The maximum atomic E-state index is 13.0. The van der Waals surface area contributed by atoms with Crippen LogP contribution in [-0.2, 0) is 14.2 Å². The Kier molecular flexibility index (Phi) is 32.3. The minimum atomic E-state index is -0.692. The lowest BCUT2D eigenvalue weighted by molar-refractivity contribution is -0.139. The number of nitrogens with zero attached hydrogens (tertiary/aromatic N) is 1. The molecule has 0 radical (unpaired) electrons. The second kappa shape index (κ2) is 33.0. The maximum Gasteiger partial charge on any atom is 0.249 e. The van der Waals surface area contributed by atoms with Crippen molar-refractivity contribution in [1.29, 1.82) is 0 Å². The topological polar surface area (TPSA) is 74.7 Å². The van der Waals surface area contributed by atoms with Crippen LogP contribution in [0.5, 0.6) is 0 Å². The fraction of sp³-hybridized carbons (Fsp3) is 0.889. The number of ketones is 2. The monoisotopic (exact) mass is 609 g/mol. The third kappa shape index (κ3) is 25.6. The van der Waals surface area contributed by atoms with Crippen molar-refractivity contribution in [2.75, 3.05) is 13.2 Å². The molecule has 0 fully saturated rings. The zero-order valence-corrected chi connectivity index (χ0v) is 28.7. The Balaban J connectivity index is 4.10. The second-order valence-electron chi connectivity index (χ2n) is 12.3. The number of carbonyl (C=O) groups excluding carboxylic acids is 2. The van der Waals surface area contributed by atoms with Gasteiger partial charge in [-0.1, -0.05) is 154 Å². The van der Waals surface area contributed by atoms with Crippen LogP contribution in [0.2, 0.25) is 0 Å². The largest absolute Gasteiger partial charge is 0.395 e. The highest BCUT2D eigenvalue weighted by atomic mass is 31.1. The predicted molar refractivity (Wildman–Crippen MR) is 180 cm³/mol. The molecule has 0 rings (SSSR count). The first-order chi connectivity index (χ1) is 20.6. The molecule has 0 saturated heterocycles. The van der Waals surface area contributed by atoms with Crippen molar-refractivity contribution in [3.05, 3.63) is 12.2 Å². The van der Waals surface area contributed by atoms with Gasteiger partial charge in [-0.3, -0.25) is 14.2 Å². The Hall–Kier alpha value is -0.900. The zero-order valence-electron chi connectivity index (χ0n) is 27.8. The summed E-state index contributed by atoms with van der Waals surface area (Å²) in [5.74, 6) is -0.770. The van der Waals surface area contributed by atoms with E-state index in [0.717, 1.165) is 51.4 Å². The molecule has 0 saturated carbocycles. The molecule has 0 aliphatic rings. The Bertz CT molecular complexity index is 654. The first-order valence-corrected chi connectivity index (χ1v) is 18.8. The van der Waals surface area contributed by atoms with Crippen molar-refractivity contribution in [1.82, 2.24) is 4.67 Å². The average Bonchev–Trinajstić information content (AvgIpc) is 3.00. The minimum Gasteiger partial charge on any atom is -0.395 e. The number of carbonyl (C=O) groups is 2. The SMILES string of the molecule is CCCCCCCC/C=C\CCCCCCC(C(=O)C(=O)CCCCCCCCCCCCCCC)N(CCO)P=O. The van der Waals surface area contributed by atoms with E-state index < -0.39 is 11.8 Å². The van der Waals surface area contributed by atoms with Crippen LogP contribution in [0.4, 0.5) is 0 Å². The van der Waals surface area contributed by atoms with Gasteiger partial charge in [0, 0.05) is 13.0 Å². The lowest BCUT2D eigenvalue weighted by atomic mass is 9.97. The van der Waals surface area contributed by atoms with Crippen molar-refractivity contribution in [3.63, 3.8) is 0 Å². The highest BCUT2D eigenvalue weighted by Crippen LogP contribution is 2.20. The fourth-order valence-corrected chi connectivity index (χ4v) is 6.12. The van der Waals surface area contributed by atoms with Crippen LogP contribution in [0.15, 0.2) is 12.2 Å². The van der Waals surface area contributed by atoms with Crippen molar-refractivity contribution in [2.45, 2.75) is 193 Å². The molecule has 1 unspecified atom stereocenters. The molecular formula is C36H68NO4P. The van der Waals surface area contributed by atoms with Gasteiger partial charge in [-0.05, 0) is 38.5 Å². The van der Waals surface area contributed by atoms with E-state index in [0.29, 0.717) is 6.42 Å². The standard InChI is InChI=1S/C36H68NO4P/c1-3-5-7-9-11-13-15-17-19-20-22-24-26-28-30-34(37(42-41)32-33-38)36(40)35(39)31-29-27-25-23-21-18-16-14-12-10-8-6-4-2/h17,19,34,38H,3-16,18,20-33H2,1-2H3/b19-17-. The minimum absolute atomic E-state index is 0.136. The van der Waals surface area contributed by atoms with Crippen LogP contribution in [0, 0.1) is 0 Å². The Morgan fingerprint density at radius 1 is 0.619 bits per heavy atom. The molecule has 0 heterocycles. The van der Waals surface area contributed by atoms with Crippen LogP contribution in [0.1, 0.15) is 187 Å². The van der Waals surface area contributed by atoms with Gasteiger partial charge in [-0.25, -0.2) is 4.67 Å². The van der Waals surface area contributed by atoms with Gasteiger partial charge in [0.25, 0.3) is 0 Å². The molecule has 0 spiro atoms. The molecule has 0 aliphatic carbocycles. The molecule has 246 valence electrons. The van der Waals surface area contributed by atoms with Gasteiger partial charge in [0.15, 0.2) is 5.78 Å². The summed E-state index contributed by atoms with van der Waals surface area (Å²) in [4.78, 5) is 25.7. The summed E-state index contributed by atoms with van der Waals surface area (Å²) in [6, 6.07) is -0.692. The lowest BCUT2D eigenvalue weighted by Gasteiger charge is -2.23. The number of rotatable bonds is 34. The van der Waals surface area contributed by atoms with Crippen molar-refractivity contribution in [3.8, 4) is 0 Å². The van der Waals surface area contributed by atoms with Crippen molar-refractivity contribution < 1.29 is 19.3 Å². The Morgan fingerprint density at radius 3 is 1.45 bits per heavy atom. The second-order valence-corrected chi connectivity index (χ2v) is 13.0. The molecule has 5 nitrogen and oxygen atoms in total. The number of hydrogen-bond acceptors (Lipinski definition) is 4. The highest BCUT2D eigenvalue weighted by molar-refractivity contribution is 7.20. The summed E-state index contributed by atoms with van der Waals surface area (Å²) in [7, 11) is -0.301. The molecule has 1 atom stereocenters. The molecule has 0 aromatic rings. The molecule has 0 aromatic heterocycles. The smallest absolute Gasteiger partial charge is 0.249 e. The normalized spacial score (nSPS) is 12.6. The summed E-state index contributed by atoms with van der Waals surface area (Å²) >= 11 is 0. The third-order valence-corrected chi connectivity index (χ3v) is 9.06. The van der Waals surface area contributed by atoms with Crippen LogP contribution < -0.4 is 0 Å². The van der Waals surface area contributed by atoms with Crippen LogP contribution in [0.3, 0.4) is 0 Å². The van der Waals surface area contributed by atoms with Crippen LogP contribution >= 0.6 is 8.61 Å². The predicted octanol–water partition coefficient (Wildman–Crippen LogP) is 11.1. The van der Waals surface area contributed by atoms with Crippen molar-refractivity contribution >= 4 is 20.2 Å². The maximum absolute atomic E-state index is 13.0. The van der Waals surface area contributed by atoms with Gasteiger partial charge in [-0.2, -0.15) is 0 Å². The average molecular weight is 610 g/mol. The summed E-state index contributed by atoms with van der Waals surface area (Å²) in [5.41, 5.74) is 0. The number of aliphatic hydroxyl groups excluding tert-OH is 1. The molecule has 42 heavy (non-hydrogen) atoms. The van der Waals surface area contributed by atoms with E-state index in [1.807, 2.05) is 0 Å². The number of allylic oxidation sites excluding steroid dienone is 2. The molecule has 0 amide bonds. The van der Waals surface area contributed by atoms with Crippen LogP contribution in [-0.4, -0.2) is 40.5 Å². The molecule has 0 bridgehead atoms. The van der Waals surface area contributed by atoms with Gasteiger partial charge >= 0.3 is 0 Å². The van der Waals surface area contributed by atoms with Crippen molar-refractivity contribution in [2.24, 2.45) is 0 Å². The third-order valence-electron chi connectivity index (χ3n) is 8.37. The van der Waals surface area contributed by atoms with Gasteiger partial charge < -0.3 is 5.11 Å². The quantitative estimate of drug-likeness (QED) is 0.0340. The van der Waals surface area contributed by atoms with Gasteiger partial charge in [-0.15, -0.1) is 0 Å². The van der Waals surface area contributed by atoms with Crippen LogP contribution in [0.25, 0.3) is 0 Å².